The van der Waals surface area contributed by atoms with Crippen molar-refractivity contribution in [1.82, 2.24) is 20.5 Å². The molecule has 0 saturated carbocycles. The summed E-state index contributed by atoms with van der Waals surface area (Å²) in [4.78, 5) is 23.2. The number of carbonyl (C=O) groups is 1. The first-order chi connectivity index (χ1) is 12.2. The van der Waals surface area contributed by atoms with Crippen molar-refractivity contribution in [3.8, 4) is 0 Å². The van der Waals surface area contributed by atoms with Gasteiger partial charge < -0.3 is 10.2 Å². The number of rotatable bonds is 3. The SMILES string of the molecule is CN1CCC(CNC2=N/C(=C\c3ccc4ncsc4c3)C(=O)N2)CC1. The fourth-order valence-electron chi connectivity index (χ4n) is 3.18. The van der Waals surface area contributed by atoms with Crippen molar-refractivity contribution in [2.24, 2.45) is 10.9 Å². The van der Waals surface area contributed by atoms with E-state index >= 15 is 0 Å². The first-order valence-electron chi connectivity index (χ1n) is 8.55. The molecule has 6 nitrogen and oxygen atoms in total. The molecule has 2 aliphatic heterocycles. The zero-order valence-electron chi connectivity index (χ0n) is 14.2. The monoisotopic (exact) mass is 355 g/mol. The van der Waals surface area contributed by atoms with Crippen molar-refractivity contribution in [3.05, 3.63) is 35.0 Å². The molecular formula is C18H21N5OS. The Kier molecular flexibility index (Phi) is 4.50. The summed E-state index contributed by atoms with van der Waals surface area (Å²) in [7, 11) is 2.16. The topological polar surface area (TPSA) is 69.6 Å². The minimum Gasteiger partial charge on any atom is -0.355 e. The van der Waals surface area contributed by atoms with Crippen LogP contribution in [0.3, 0.4) is 0 Å². The second-order valence-corrected chi connectivity index (χ2v) is 7.54. The van der Waals surface area contributed by atoms with Crippen LogP contribution in [0.15, 0.2) is 34.4 Å². The molecular weight excluding hydrogens is 334 g/mol. The van der Waals surface area contributed by atoms with Gasteiger partial charge in [0.2, 0.25) is 5.96 Å². The number of guanidine groups is 1. The highest BCUT2D eigenvalue weighted by atomic mass is 32.1. The van der Waals surface area contributed by atoms with Gasteiger partial charge in [0.25, 0.3) is 5.91 Å². The molecule has 1 saturated heterocycles. The summed E-state index contributed by atoms with van der Waals surface area (Å²) in [6.07, 6.45) is 4.18. The molecule has 3 heterocycles. The maximum Gasteiger partial charge on any atom is 0.276 e. The van der Waals surface area contributed by atoms with Crippen LogP contribution in [-0.2, 0) is 4.79 Å². The molecule has 7 heteroatoms. The second kappa shape index (κ2) is 6.93. The van der Waals surface area contributed by atoms with Gasteiger partial charge in [-0.2, -0.15) is 0 Å². The average molecular weight is 355 g/mol. The van der Waals surface area contributed by atoms with Gasteiger partial charge in [0.1, 0.15) is 5.70 Å². The summed E-state index contributed by atoms with van der Waals surface area (Å²) in [5.74, 6) is 1.04. The van der Waals surface area contributed by atoms with Gasteiger partial charge in [-0.05, 0) is 62.7 Å². The predicted molar refractivity (Wildman–Crippen MR) is 101 cm³/mol. The van der Waals surface area contributed by atoms with Crippen molar-refractivity contribution >= 4 is 39.5 Å². The minimum atomic E-state index is -0.157. The van der Waals surface area contributed by atoms with Crippen LogP contribution in [0.1, 0.15) is 18.4 Å². The van der Waals surface area contributed by atoms with Crippen molar-refractivity contribution in [1.29, 1.82) is 0 Å². The van der Waals surface area contributed by atoms with E-state index in [0.29, 0.717) is 17.6 Å². The molecule has 1 aromatic heterocycles. The van der Waals surface area contributed by atoms with E-state index in [1.54, 1.807) is 11.3 Å². The molecule has 2 N–H and O–H groups in total. The van der Waals surface area contributed by atoms with E-state index in [0.717, 1.165) is 35.4 Å². The number of nitrogens with one attached hydrogen (secondary N) is 2. The quantitative estimate of drug-likeness (QED) is 0.827. The standard InChI is InChI=1S/C18H21N5OS/c1-23-6-4-12(5-7-23)10-19-18-21-15(17(24)22-18)8-13-2-3-14-16(9-13)25-11-20-14/h2-3,8-9,11-12H,4-7,10H2,1H3,(H2,19,21,22,24)/b15-8-. The number of aliphatic imine (C=N–C) groups is 1. The summed E-state index contributed by atoms with van der Waals surface area (Å²) in [6.45, 7) is 3.12. The normalized spacial score (nSPS) is 20.9. The molecule has 0 bridgehead atoms. The van der Waals surface area contributed by atoms with Crippen LogP contribution in [0.4, 0.5) is 0 Å². The van der Waals surface area contributed by atoms with Gasteiger partial charge in [-0.3, -0.25) is 10.1 Å². The molecule has 0 aliphatic carbocycles. The summed E-state index contributed by atoms with van der Waals surface area (Å²) in [6, 6.07) is 5.96. The van der Waals surface area contributed by atoms with Gasteiger partial charge in [-0.15, -0.1) is 11.3 Å². The first kappa shape index (κ1) is 16.2. The highest BCUT2D eigenvalue weighted by Crippen LogP contribution is 2.21. The fraction of sp³-hybridized carbons (Fsp3) is 0.389. The van der Waals surface area contributed by atoms with E-state index in [1.165, 1.54) is 12.8 Å². The Balaban J connectivity index is 1.42. The molecule has 25 heavy (non-hydrogen) atoms. The molecule has 130 valence electrons. The summed E-state index contributed by atoms with van der Waals surface area (Å²) >= 11 is 1.59. The number of fused-ring (bicyclic) bond motifs is 1. The lowest BCUT2D eigenvalue weighted by Gasteiger charge is -2.29. The zero-order valence-corrected chi connectivity index (χ0v) is 15.0. The third-order valence-corrected chi connectivity index (χ3v) is 5.54. The fourth-order valence-corrected chi connectivity index (χ4v) is 3.90. The van der Waals surface area contributed by atoms with Gasteiger partial charge in [0.05, 0.1) is 15.7 Å². The lowest BCUT2D eigenvalue weighted by atomic mass is 9.97. The molecule has 0 unspecified atom stereocenters. The number of piperidine rings is 1. The van der Waals surface area contributed by atoms with E-state index in [4.69, 9.17) is 0 Å². The van der Waals surface area contributed by atoms with Crippen LogP contribution < -0.4 is 10.6 Å². The Morgan fingerprint density at radius 3 is 3.08 bits per heavy atom. The maximum atomic E-state index is 12.1. The average Bonchev–Trinajstić information content (AvgIpc) is 3.21. The number of benzene rings is 1. The lowest BCUT2D eigenvalue weighted by molar-refractivity contribution is -0.115. The Hall–Kier alpha value is -2.25. The highest BCUT2D eigenvalue weighted by molar-refractivity contribution is 7.16. The van der Waals surface area contributed by atoms with Crippen molar-refractivity contribution in [2.75, 3.05) is 26.7 Å². The first-order valence-corrected chi connectivity index (χ1v) is 9.43. The maximum absolute atomic E-state index is 12.1. The van der Waals surface area contributed by atoms with Crippen molar-refractivity contribution in [2.45, 2.75) is 12.8 Å². The molecule has 1 fully saturated rings. The van der Waals surface area contributed by atoms with E-state index in [2.05, 4.69) is 32.6 Å². The molecule has 0 radical (unpaired) electrons. The smallest absolute Gasteiger partial charge is 0.276 e. The van der Waals surface area contributed by atoms with Crippen LogP contribution >= 0.6 is 11.3 Å². The Morgan fingerprint density at radius 2 is 2.24 bits per heavy atom. The molecule has 2 aliphatic rings. The number of hydrogen-bond acceptors (Lipinski definition) is 6. The number of thiazole rings is 1. The molecule has 4 rings (SSSR count). The van der Waals surface area contributed by atoms with Crippen molar-refractivity contribution < 1.29 is 4.79 Å². The van der Waals surface area contributed by atoms with Gasteiger partial charge in [-0.1, -0.05) is 6.07 Å². The van der Waals surface area contributed by atoms with E-state index in [-0.39, 0.29) is 5.91 Å². The van der Waals surface area contributed by atoms with Crippen molar-refractivity contribution in [3.63, 3.8) is 0 Å². The Bertz CT molecular complexity index is 848. The third kappa shape index (κ3) is 3.72. The van der Waals surface area contributed by atoms with Gasteiger partial charge in [-0.25, -0.2) is 9.98 Å². The van der Waals surface area contributed by atoms with Crippen LogP contribution in [0.25, 0.3) is 16.3 Å². The number of aromatic nitrogens is 1. The van der Waals surface area contributed by atoms with Crippen LogP contribution in [-0.4, -0.2) is 48.4 Å². The van der Waals surface area contributed by atoms with E-state index in [1.807, 2.05) is 29.8 Å². The van der Waals surface area contributed by atoms with Gasteiger partial charge in [0.15, 0.2) is 0 Å². The number of carbonyl (C=O) groups excluding carboxylic acids is 1. The molecule has 1 amide bonds. The summed E-state index contributed by atoms with van der Waals surface area (Å²) in [5, 5.41) is 6.10. The van der Waals surface area contributed by atoms with Crippen LogP contribution in [0.5, 0.6) is 0 Å². The largest absolute Gasteiger partial charge is 0.355 e. The lowest BCUT2D eigenvalue weighted by Crippen LogP contribution is -2.41. The number of hydrogen-bond donors (Lipinski definition) is 2. The Morgan fingerprint density at radius 1 is 1.40 bits per heavy atom. The summed E-state index contributed by atoms with van der Waals surface area (Å²) in [5.41, 5.74) is 4.21. The molecule has 2 aromatic rings. The molecule has 0 atom stereocenters. The van der Waals surface area contributed by atoms with Gasteiger partial charge >= 0.3 is 0 Å². The number of amides is 1. The predicted octanol–water partition coefficient (Wildman–Crippen LogP) is 2.05. The zero-order chi connectivity index (χ0) is 17.2. The highest BCUT2D eigenvalue weighted by Gasteiger charge is 2.22. The van der Waals surface area contributed by atoms with E-state index in [9.17, 15) is 4.79 Å². The summed E-state index contributed by atoms with van der Waals surface area (Å²) < 4.78 is 1.11. The third-order valence-electron chi connectivity index (χ3n) is 4.75. The molecule has 1 aromatic carbocycles. The van der Waals surface area contributed by atoms with Crippen LogP contribution in [0, 0.1) is 5.92 Å². The molecule has 0 spiro atoms. The Labute approximate surface area is 150 Å². The second-order valence-electron chi connectivity index (χ2n) is 6.65. The van der Waals surface area contributed by atoms with Gasteiger partial charge in [0, 0.05) is 6.54 Å². The van der Waals surface area contributed by atoms with Crippen LogP contribution in [0.2, 0.25) is 0 Å². The minimum absolute atomic E-state index is 0.157. The van der Waals surface area contributed by atoms with E-state index < -0.39 is 0 Å². The number of nitrogens with zero attached hydrogens (tertiary/aromatic N) is 3. The number of likely N-dealkylation sites (tertiary alicyclic amines) is 1.